The first kappa shape index (κ1) is 12.4. The zero-order valence-corrected chi connectivity index (χ0v) is 10.6. The van der Waals surface area contributed by atoms with Gasteiger partial charge in [0.05, 0.1) is 6.54 Å². The fourth-order valence-electron chi connectivity index (χ4n) is 2.31. The van der Waals surface area contributed by atoms with Crippen molar-refractivity contribution in [2.24, 2.45) is 0 Å². The van der Waals surface area contributed by atoms with Crippen molar-refractivity contribution in [2.75, 3.05) is 6.54 Å². The van der Waals surface area contributed by atoms with E-state index in [1.54, 1.807) is 29.2 Å². The molecule has 3 rings (SSSR count). The van der Waals surface area contributed by atoms with Gasteiger partial charge in [-0.25, -0.2) is 4.79 Å². The number of nitrogens with zero attached hydrogens (tertiary/aromatic N) is 2. The van der Waals surface area contributed by atoms with E-state index < -0.39 is 5.97 Å². The van der Waals surface area contributed by atoms with Crippen molar-refractivity contribution in [1.82, 2.24) is 10.1 Å². The molecule has 0 saturated heterocycles. The van der Waals surface area contributed by atoms with Gasteiger partial charge in [-0.2, -0.15) is 0 Å². The molecule has 0 bridgehead atoms. The minimum Gasteiger partial charge on any atom is -0.476 e. The summed E-state index contributed by atoms with van der Waals surface area (Å²) in [5, 5.41) is 12.6. The predicted octanol–water partition coefficient (Wildman–Crippen LogP) is 1.57. The SMILES string of the molecule is O=C(O)c1noc2c1CN(C(=O)c1ccccc1)CC2. The molecule has 0 atom stereocenters. The molecule has 2 heterocycles. The number of hydrogen-bond acceptors (Lipinski definition) is 4. The minimum atomic E-state index is -1.14. The quantitative estimate of drug-likeness (QED) is 0.897. The van der Waals surface area contributed by atoms with Crippen LogP contribution < -0.4 is 0 Å². The zero-order valence-electron chi connectivity index (χ0n) is 10.6. The molecule has 0 aliphatic carbocycles. The number of carbonyl (C=O) groups excluding carboxylic acids is 1. The Hall–Kier alpha value is -2.63. The number of hydrogen-bond donors (Lipinski definition) is 1. The van der Waals surface area contributed by atoms with Crippen LogP contribution in [-0.2, 0) is 13.0 Å². The first-order chi connectivity index (χ1) is 9.66. The summed E-state index contributed by atoms with van der Waals surface area (Å²) < 4.78 is 5.01. The van der Waals surface area contributed by atoms with Crippen LogP contribution in [0.15, 0.2) is 34.9 Å². The lowest BCUT2D eigenvalue weighted by Crippen LogP contribution is -2.36. The molecule has 6 nitrogen and oxygen atoms in total. The maximum Gasteiger partial charge on any atom is 0.358 e. The van der Waals surface area contributed by atoms with Gasteiger partial charge in [0.2, 0.25) is 0 Å². The van der Waals surface area contributed by atoms with E-state index in [-0.39, 0.29) is 18.1 Å². The van der Waals surface area contributed by atoms with Crippen LogP contribution in [0.25, 0.3) is 0 Å². The van der Waals surface area contributed by atoms with Gasteiger partial charge in [0.25, 0.3) is 5.91 Å². The third-order valence-electron chi connectivity index (χ3n) is 3.34. The van der Waals surface area contributed by atoms with Crippen molar-refractivity contribution in [1.29, 1.82) is 0 Å². The Labute approximate surface area is 114 Å². The lowest BCUT2D eigenvalue weighted by molar-refractivity contribution is 0.0673. The number of benzene rings is 1. The van der Waals surface area contributed by atoms with Crippen LogP contribution in [0.1, 0.15) is 32.2 Å². The molecule has 20 heavy (non-hydrogen) atoms. The molecular weight excluding hydrogens is 260 g/mol. The molecular formula is C14H12N2O4. The van der Waals surface area contributed by atoms with Gasteiger partial charge in [-0.15, -0.1) is 0 Å². The average Bonchev–Trinajstić information content (AvgIpc) is 2.90. The Morgan fingerprint density at radius 1 is 1.25 bits per heavy atom. The highest BCUT2D eigenvalue weighted by atomic mass is 16.5. The minimum absolute atomic E-state index is 0.106. The van der Waals surface area contributed by atoms with Gasteiger partial charge in [-0.05, 0) is 12.1 Å². The van der Waals surface area contributed by atoms with E-state index >= 15 is 0 Å². The number of rotatable bonds is 2. The van der Waals surface area contributed by atoms with Crippen molar-refractivity contribution >= 4 is 11.9 Å². The molecule has 1 N–H and O–H groups in total. The maximum absolute atomic E-state index is 12.3. The van der Waals surface area contributed by atoms with E-state index in [9.17, 15) is 9.59 Å². The Bertz CT molecular complexity index is 663. The Morgan fingerprint density at radius 3 is 2.70 bits per heavy atom. The van der Waals surface area contributed by atoms with E-state index in [4.69, 9.17) is 9.63 Å². The van der Waals surface area contributed by atoms with Gasteiger partial charge in [-0.1, -0.05) is 23.4 Å². The second-order valence-corrected chi connectivity index (χ2v) is 4.58. The van der Waals surface area contributed by atoms with Crippen molar-refractivity contribution < 1.29 is 19.2 Å². The third-order valence-corrected chi connectivity index (χ3v) is 3.34. The molecule has 0 unspecified atom stereocenters. The first-order valence-electron chi connectivity index (χ1n) is 6.22. The summed E-state index contributed by atoms with van der Waals surface area (Å²) in [4.78, 5) is 25.0. The molecule has 0 spiro atoms. The van der Waals surface area contributed by atoms with Crippen LogP contribution in [0, 0.1) is 0 Å². The summed E-state index contributed by atoms with van der Waals surface area (Å²) in [6.45, 7) is 0.711. The normalized spacial score (nSPS) is 13.9. The highest BCUT2D eigenvalue weighted by Gasteiger charge is 2.29. The van der Waals surface area contributed by atoms with Gasteiger partial charge < -0.3 is 14.5 Å². The summed E-state index contributed by atoms with van der Waals surface area (Å²) >= 11 is 0. The summed E-state index contributed by atoms with van der Waals surface area (Å²) in [5.74, 6) is -0.697. The number of fused-ring (bicyclic) bond motifs is 1. The number of aromatic carboxylic acids is 1. The molecule has 6 heteroatoms. The molecule has 1 aliphatic rings. The number of aromatic nitrogens is 1. The highest BCUT2D eigenvalue weighted by Crippen LogP contribution is 2.23. The number of amides is 1. The average molecular weight is 272 g/mol. The number of carbonyl (C=O) groups is 2. The van der Waals surface area contributed by atoms with Crippen molar-refractivity contribution in [2.45, 2.75) is 13.0 Å². The van der Waals surface area contributed by atoms with Gasteiger partial charge in [0.1, 0.15) is 5.76 Å². The number of carboxylic acid groups (broad SMARTS) is 1. The van der Waals surface area contributed by atoms with Crippen molar-refractivity contribution in [3.63, 3.8) is 0 Å². The van der Waals surface area contributed by atoms with E-state index in [2.05, 4.69) is 5.16 Å². The number of carboxylic acids is 1. The van der Waals surface area contributed by atoms with E-state index in [1.165, 1.54) is 0 Å². The summed E-state index contributed by atoms with van der Waals surface area (Å²) in [5.41, 5.74) is 0.975. The van der Waals surface area contributed by atoms with Crippen LogP contribution >= 0.6 is 0 Å². The fourth-order valence-corrected chi connectivity index (χ4v) is 2.31. The molecule has 1 aromatic carbocycles. The lowest BCUT2D eigenvalue weighted by Gasteiger charge is -2.26. The monoisotopic (exact) mass is 272 g/mol. The second kappa shape index (κ2) is 4.80. The smallest absolute Gasteiger partial charge is 0.358 e. The van der Waals surface area contributed by atoms with Crippen molar-refractivity contribution in [3.05, 3.63) is 52.9 Å². The van der Waals surface area contributed by atoms with E-state index in [1.807, 2.05) is 6.07 Å². The Morgan fingerprint density at radius 2 is 2.00 bits per heavy atom. The van der Waals surface area contributed by atoms with Gasteiger partial charge in [0.15, 0.2) is 5.69 Å². The summed E-state index contributed by atoms with van der Waals surface area (Å²) in [7, 11) is 0. The lowest BCUT2D eigenvalue weighted by atomic mass is 10.0. The molecule has 1 amide bonds. The van der Waals surface area contributed by atoms with Crippen molar-refractivity contribution in [3.8, 4) is 0 Å². The fraction of sp³-hybridized carbons (Fsp3) is 0.214. The zero-order chi connectivity index (χ0) is 14.1. The largest absolute Gasteiger partial charge is 0.476 e. The Kier molecular flexibility index (Phi) is 2.98. The standard InChI is InChI=1S/C14H12N2O4/c17-13(9-4-2-1-3-5-9)16-7-6-11-10(8-16)12(14(18)19)15-20-11/h1-5H,6-8H2,(H,18,19). The molecule has 1 aliphatic heterocycles. The third kappa shape index (κ3) is 2.05. The molecule has 2 aromatic rings. The molecule has 102 valence electrons. The van der Waals surface area contributed by atoms with Crippen LogP contribution in [0.2, 0.25) is 0 Å². The van der Waals surface area contributed by atoms with Crippen LogP contribution in [0.5, 0.6) is 0 Å². The Balaban J connectivity index is 1.87. The van der Waals surface area contributed by atoms with Gasteiger partial charge in [-0.3, -0.25) is 4.79 Å². The topological polar surface area (TPSA) is 83.6 Å². The highest BCUT2D eigenvalue weighted by molar-refractivity contribution is 5.94. The summed E-state index contributed by atoms with van der Waals surface area (Å²) in [6.07, 6.45) is 0.480. The van der Waals surface area contributed by atoms with Crippen LogP contribution in [-0.4, -0.2) is 33.6 Å². The molecule has 0 saturated carbocycles. The molecule has 0 radical (unpaired) electrons. The van der Waals surface area contributed by atoms with Crippen LogP contribution in [0.3, 0.4) is 0 Å². The summed E-state index contributed by atoms with van der Waals surface area (Å²) in [6, 6.07) is 8.91. The van der Waals surface area contributed by atoms with Crippen LogP contribution in [0.4, 0.5) is 0 Å². The second-order valence-electron chi connectivity index (χ2n) is 4.58. The van der Waals surface area contributed by atoms with E-state index in [0.717, 1.165) is 0 Å². The van der Waals surface area contributed by atoms with E-state index in [0.29, 0.717) is 29.9 Å². The molecule has 0 fully saturated rings. The molecule has 1 aromatic heterocycles. The maximum atomic E-state index is 12.3. The van der Waals surface area contributed by atoms with Gasteiger partial charge >= 0.3 is 5.97 Å². The first-order valence-corrected chi connectivity index (χ1v) is 6.22. The van der Waals surface area contributed by atoms with Gasteiger partial charge in [0, 0.05) is 24.1 Å². The predicted molar refractivity (Wildman–Crippen MR) is 68.3 cm³/mol.